The number of benzene rings is 4. The molecule has 0 unspecified atom stereocenters. The standard InChI is InChI=1S/C36H40Cl4O4P2/c1-5-41-29-21-25(37)11-15-33(29)45(34-16-12-26(38)22-30(34)42-6-2)19-9-10-20-46(35-17-13-27(39)23-31(35)43-7-3)36-18-14-28(40)24-32(36)44-8-4/h11-18,21-24H,5-10,19-20H2,1-4H3. The van der Waals surface area contributed by atoms with Gasteiger partial charge in [-0.2, -0.15) is 0 Å². The fraction of sp³-hybridized carbons (Fsp3) is 0.333. The molecule has 4 aromatic rings. The molecular weight excluding hydrogens is 700 g/mol. The molecule has 10 heteroatoms. The van der Waals surface area contributed by atoms with Crippen LogP contribution in [0.3, 0.4) is 0 Å². The smallest absolute Gasteiger partial charge is 0.128 e. The molecule has 246 valence electrons. The largest absolute Gasteiger partial charge is 0.493 e. The summed E-state index contributed by atoms with van der Waals surface area (Å²) < 4.78 is 24.5. The average Bonchev–Trinajstić information content (AvgIpc) is 3.02. The molecule has 0 N–H and O–H groups in total. The third kappa shape index (κ3) is 9.82. The van der Waals surface area contributed by atoms with Gasteiger partial charge in [0, 0.05) is 41.3 Å². The van der Waals surface area contributed by atoms with Crippen LogP contribution in [0.5, 0.6) is 23.0 Å². The molecule has 0 fully saturated rings. The van der Waals surface area contributed by atoms with E-state index in [1.165, 1.54) is 0 Å². The topological polar surface area (TPSA) is 36.9 Å². The van der Waals surface area contributed by atoms with Crippen molar-refractivity contribution in [2.24, 2.45) is 0 Å². The molecule has 4 nitrogen and oxygen atoms in total. The van der Waals surface area contributed by atoms with E-state index >= 15 is 0 Å². The Hall–Kier alpha value is -1.90. The number of rotatable bonds is 17. The van der Waals surface area contributed by atoms with Gasteiger partial charge in [-0.25, -0.2) is 0 Å². The minimum atomic E-state index is -0.857. The predicted octanol–water partition coefficient (Wildman–Crippen LogP) is 10.2. The number of hydrogen-bond donors (Lipinski definition) is 0. The van der Waals surface area contributed by atoms with E-state index < -0.39 is 15.8 Å². The van der Waals surface area contributed by atoms with E-state index in [4.69, 9.17) is 65.4 Å². The molecule has 4 aromatic carbocycles. The molecule has 0 aliphatic heterocycles. The Morgan fingerprint density at radius 3 is 0.870 bits per heavy atom. The lowest BCUT2D eigenvalue weighted by atomic mass is 10.3. The van der Waals surface area contributed by atoms with Gasteiger partial charge in [0.15, 0.2) is 0 Å². The van der Waals surface area contributed by atoms with E-state index in [2.05, 4.69) is 24.3 Å². The van der Waals surface area contributed by atoms with Crippen LogP contribution in [0.1, 0.15) is 40.5 Å². The third-order valence-corrected chi connectivity index (χ3v) is 13.3. The maximum atomic E-state index is 6.42. The van der Waals surface area contributed by atoms with E-state index in [1.54, 1.807) is 0 Å². The van der Waals surface area contributed by atoms with Crippen molar-refractivity contribution in [2.75, 3.05) is 38.8 Å². The first-order valence-electron chi connectivity index (χ1n) is 15.5. The zero-order valence-electron chi connectivity index (χ0n) is 26.6. The Labute approximate surface area is 296 Å². The van der Waals surface area contributed by atoms with Crippen molar-refractivity contribution in [3.8, 4) is 23.0 Å². The molecule has 0 atom stereocenters. The van der Waals surface area contributed by atoms with E-state index in [1.807, 2.05) is 76.2 Å². The summed E-state index contributed by atoms with van der Waals surface area (Å²) in [6.45, 7) is 10.2. The molecule has 0 heterocycles. The molecule has 4 rings (SSSR count). The van der Waals surface area contributed by atoms with E-state index in [-0.39, 0.29) is 0 Å². The Balaban J connectivity index is 1.69. The molecule has 0 bridgehead atoms. The highest BCUT2D eigenvalue weighted by molar-refractivity contribution is 7.73. The minimum absolute atomic E-state index is 0.548. The van der Waals surface area contributed by atoms with Crippen molar-refractivity contribution in [1.29, 1.82) is 0 Å². The SMILES string of the molecule is CCOc1cc(Cl)ccc1P(CCCCP(c1ccc(Cl)cc1OCC)c1ccc(Cl)cc1OCC)c1ccc(Cl)cc1OCC. The van der Waals surface area contributed by atoms with E-state index in [9.17, 15) is 0 Å². The lowest BCUT2D eigenvalue weighted by Gasteiger charge is -2.26. The molecule has 0 aliphatic carbocycles. The molecule has 0 spiro atoms. The monoisotopic (exact) mass is 738 g/mol. The van der Waals surface area contributed by atoms with Gasteiger partial charge in [-0.3, -0.25) is 0 Å². The minimum Gasteiger partial charge on any atom is -0.493 e. The van der Waals surface area contributed by atoms with Crippen LogP contribution < -0.4 is 40.2 Å². The van der Waals surface area contributed by atoms with E-state index in [0.29, 0.717) is 46.5 Å². The number of unbranched alkanes of at least 4 members (excludes halogenated alkanes) is 1. The van der Waals surface area contributed by atoms with Crippen molar-refractivity contribution < 1.29 is 18.9 Å². The van der Waals surface area contributed by atoms with Crippen molar-refractivity contribution in [3.05, 3.63) is 92.9 Å². The van der Waals surface area contributed by atoms with Crippen LogP contribution in [0.15, 0.2) is 72.8 Å². The van der Waals surface area contributed by atoms with Crippen LogP contribution in [-0.2, 0) is 0 Å². The molecule has 0 radical (unpaired) electrons. The highest BCUT2D eigenvalue weighted by Gasteiger charge is 2.25. The maximum Gasteiger partial charge on any atom is 0.128 e. The van der Waals surface area contributed by atoms with Crippen molar-refractivity contribution in [1.82, 2.24) is 0 Å². The summed E-state index contributed by atoms with van der Waals surface area (Å²) in [6.07, 6.45) is 3.81. The quantitative estimate of drug-likeness (QED) is 0.0798. The van der Waals surface area contributed by atoms with Crippen LogP contribution in [0.4, 0.5) is 0 Å². The summed E-state index contributed by atoms with van der Waals surface area (Å²) in [5.41, 5.74) is 0. The molecule has 46 heavy (non-hydrogen) atoms. The maximum absolute atomic E-state index is 6.42. The zero-order chi connectivity index (χ0) is 33.1. The van der Waals surface area contributed by atoms with Crippen LogP contribution in [0, 0.1) is 0 Å². The Morgan fingerprint density at radius 1 is 0.413 bits per heavy atom. The van der Waals surface area contributed by atoms with Crippen LogP contribution >= 0.6 is 62.2 Å². The second kappa shape index (κ2) is 18.6. The summed E-state index contributed by atoms with van der Waals surface area (Å²) in [5, 5.41) is 7.15. The highest BCUT2D eigenvalue weighted by atomic mass is 35.5. The summed E-state index contributed by atoms with van der Waals surface area (Å²) in [5.74, 6) is 3.24. The second-order valence-electron chi connectivity index (χ2n) is 10.2. The second-order valence-corrected chi connectivity index (χ2v) is 16.5. The van der Waals surface area contributed by atoms with Gasteiger partial charge in [0.05, 0.1) is 26.4 Å². The summed E-state index contributed by atoms with van der Waals surface area (Å²) in [4.78, 5) is 0. The van der Waals surface area contributed by atoms with Crippen LogP contribution in [0.2, 0.25) is 20.1 Å². The number of hydrogen-bond acceptors (Lipinski definition) is 4. The van der Waals surface area contributed by atoms with Crippen molar-refractivity contribution >= 4 is 83.5 Å². The normalized spacial score (nSPS) is 11.3. The van der Waals surface area contributed by atoms with Gasteiger partial charge >= 0.3 is 0 Å². The molecule has 0 amide bonds. The van der Waals surface area contributed by atoms with Crippen LogP contribution in [0.25, 0.3) is 0 Å². The first-order valence-corrected chi connectivity index (χ1v) is 20.1. The van der Waals surface area contributed by atoms with Gasteiger partial charge in [-0.05, 0) is 141 Å². The van der Waals surface area contributed by atoms with Crippen molar-refractivity contribution in [3.63, 3.8) is 0 Å². The fourth-order valence-corrected chi connectivity index (χ4v) is 11.0. The summed E-state index contributed by atoms with van der Waals surface area (Å²) in [6, 6.07) is 23.8. The number of ether oxygens (including phenoxy) is 4. The summed E-state index contributed by atoms with van der Waals surface area (Å²) >= 11 is 25.7. The Morgan fingerprint density at radius 2 is 0.652 bits per heavy atom. The average molecular weight is 740 g/mol. The third-order valence-electron chi connectivity index (χ3n) is 7.06. The van der Waals surface area contributed by atoms with Gasteiger partial charge in [0.2, 0.25) is 0 Å². The molecule has 0 saturated carbocycles. The molecule has 0 aromatic heterocycles. The van der Waals surface area contributed by atoms with Gasteiger partial charge in [0.25, 0.3) is 0 Å². The molecule has 0 saturated heterocycles. The first kappa shape index (κ1) is 36.9. The van der Waals surface area contributed by atoms with E-state index in [0.717, 1.165) is 69.4 Å². The van der Waals surface area contributed by atoms with Crippen LogP contribution in [-0.4, -0.2) is 38.8 Å². The lowest BCUT2D eigenvalue weighted by Crippen LogP contribution is -2.20. The first-order chi connectivity index (χ1) is 22.3. The number of halogens is 4. The Bertz CT molecular complexity index is 1360. The lowest BCUT2D eigenvalue weighted by molar-refractivity contribution is 0.342. The molecular formula is C36H40Cl4O4P2. The van der Waals surface area contributed by atoms with Gasteiger partial charge in [-0.1, -0.05) is 46.4 Å². The summed E-state index contributed by atoms with van der Waals surface area (Å²) in [7, 11) is -1.71. The zero-order valence-corrected chi connectivity index (χ0v) is 31.4. The van der Waals surface area contributed by atoms with Gasteiger partial charge < -0.3 is 18.9 Å². The fourth-order valence-electron chi connectivity index (χ4n) is 5.21. The van der Waals surface area contributed by atoms with Gasteiger partial charge in [-0.15, -0.1) is 0 Å². The van der Waals surface area contributed by atoms with Crippen molar-refractivity contribution in [2.45, 2.75) is 40.5 Å². The predicted molar refractivity (Wildman–Crippen MR) is 202 cm³/mol. The highest BCUT2D eigenvalue weighted by Crippen LogP contribution is 2.45. The molecule has 0 aliphatic rings. The Kier molecular flexibility index (Phi) is 14.9. The van der Waals surface area contributed by atoms with Gasteiger partial charge in [0.1, 0.15) is 23.0 Å².